The lowest BCUT2D eigenvalue weighted by atomic mass is 10.1. The minimum Gasteiger partial charge on any atom is -0.768 e. The highest BCUT2D eigenvalue weighted by Crippen LogP contribution is 2.34. The van der Waals surface area contributed by atoms with Gasteiger partial charge in [0, 0.05) is 76.8 Å². The third kappa shape index (κ3) is 23.4. The van der Waals surface area contributed by atoms with Crippen molar-refractivity contribution in [2.45, 2.75) is 50.6 Å². The summed E-state index contributed by atoms with van der Waals surface area (Å²) >= 11 is -2.41. The normalized spacial score (nSPS) is 17.4. The van der Waals surface area contributed by atoms with E-state index in [0.29, 0.717) is 43.1 Å². The highest BCUT2D eigenvalue weighted by molar-refractivity contribution is 8.19. The minimum absolute atomic E-state index is 0.0168. The Hall–Kier alpha value is -3.75. The summed E-state index contributed by atoms with van der Waals surface area (Å²) in [5.74, 6) is -7.64. The third-order valence-electron chi connectivity index (χ3n) is 9.69. The molecule has 1 aliphatic heterocycles. The Morgan fingerprint density at radius 1 is 0.688 bits per heavy atom. The van der Waals surface area contributed by atoms with Crippen LogP contribution >= 0.6 is 21.7 Å². The van der Waals surface area contributed by atoms with Gasteiger partial charge in [0.05, 0.1) is 59.5 Å². The van der Waals surface area contributed by atoms with E-state index in [-0.39, 0.29) is 83.2 Å². The third-order valence-corrected chi connectivity index (χ3v) is 12.2. The van der Waals surface area contributed by atoms with Crippen LogP contribution in [0.15, 0.2) is 17.0 Å². The van der Waals surface area contributed by atoms with Crippen LogP contribution in [0.25, 0.3) is 0 Å². The first-order chi connectivity index (χ1) is 29.8. The predicted octanol–water partition coefficient (Wildman–Crippen LogP) is -1.24. The van der Waals surface area contributed by atoms with Crippen LogP contribution in [0.5, 0.6) is 5.75 Å². The van der Waals surface area contributed by atoms with E-state index in [9.17, 15) is 75.1 Å². The van der Waals surface area contributed by atoms with E-state index in [1.165, 1.54) is 0 Å². The molecule has 3 unspecified atom stereocenters. The van der Waals surface area contributed by atoms with Crippen molar-refractivity contribution in [2.75, 3.05) is 110 Å². The number of ether oxygens (including phenoxy) is 1. The molecule has 64 heavy (non-hydrogen) atoms. The number of hydrogen-bond donors (Lipinski definition) is 12. The summed E-state index contributed by atoms with van der Waals surface area (Å²) in [5, 5.41) is 28.2. The van der Waals surface area contributed by atoms with Crippen molar-refractivity contribution in [3.63, 3.8) is 0 Å². The van der Waals surface area contributed by atoms with Crippen molar-refractivity contribution in [2.24, 2.45) is 0 Å². The van der Waals surface area contributed by atoms with Gasteiger partial charge in [-0.1, -0.05) is 6.92 Å². The maximum atomic E-state index is 13.5. The topological polar surface area (TPSA) is 375 Å². The number of rotatable bonds is 24. The molecule has 1 heterocycles. The number of aliphatic carboxylic acids is 2. The molecule has 1 aromatic carbocycles. The first-order valence-corrected chi connectivity index (χ1v) is 24.5. The number of nitrogens with zero attached hydrogens (tertiary/aromatic N) is 4. The highest BCUT2D eigenvalue weighted by Gasteiger charge is 2.34. The first-order valence-electron chi connectivity index (χ1n) is 20.1. The van der Waals surface area contributed by atoms with Crippen molar-refractivity contribution in [1.82, 2.24) is 40.9 Å². The Morgan fingerprint density at radius 2 is 1.12 bits per heavy atom. The molecule has 1 saturated heterocycles. The van der Waals surface area contributed by atoms with E-state index in [1.54, 1.807) is 40.7 Å². The van der Waals surface area contributed by atoms with Crippen molar-refractivity contribution >= 4 is 68.4 Å². The lowest BCUT2D eigenvalue weighted by Gasteiger charge is -2.33. The van der Waals surface area contributed by atoms with Gasteiger partial charge in [-0.15, -0.1) is 0 Å². The van der Waals surface area contributed by atoms with Crippen molar-refractivity contribution in [1.29, 1.82) is 0 Å². The number of benzene rings is 1. The molecule has 1 aliphatic rings. The van der Waals surface area contributed by atoms with E-state index >= 15 is 0 Å². The summed E-state index contributed by atoms with van der Waals surface area (Å²) < 4.78 is 87.3. The van der Waals surface area contributed by atoms with Crippen LogP contribution in [0.2, 0.25) is 0 Å². The van der Waals surface area contributed by atoms with E-state index in [0.717, 1.165) is 0 Å². The Bertz CT molecular complexity index is 1730. The largest absolute Gasteiger partial charge is 0.768 e. The summed E-state index contributed by atoms with van der Waals surface area (Å²) in [7, 11) is -8.92. The zero-order valence-corrected chi connectivity index (χ0v) is 38.5. The molecule has 2 rings (SSSR count). The van der Waals surface area contributed by atoms with Gasteiger partial charge < -0.3 is 73.0 Å². The highest BCUT2D eigenvalue weighted by atomic mass is 32.3. The van der Waals surface area contributed by atoms with Gasteiger partial charge in [0.15, 0.2) is 0 Å². The van der Waals surface area contributed by atoms with Gasteiger partial charge in [-0.05, 0) is 61.2 Å². The van der Waals surface area contributed by atoms with Gasteiger partial charge in [-0.2, -0.15) is 0 Å². The molecule has 0 spiro atoms. The van der Waals surface area contributed by atoms with Gasteiger partial charge in [0.2, 0.25) is 23.6 Å². The van der Waals surface area contributed by atoms with Gasteiger partial charge in [-0.25, -0.2) is 0 Å². The second-order valence-corrected chi connectivity index (χ2v) is 19.1. The smallest absolute Gasteiger partial charge is 0.317 e. The second-order valence-electron chi connectivity index (χ2n) is 15.0. The molecule has 28 heteroatoms. The standard InChI is InChI=1S/C36H64N8O17S3/c1-4-41-9-11-42(13-14-44(22-33(49)50)16-15-43(12-10-41)21-32(47)48)20-31(46)39-29(24-64(58,59)60)36(52)40-28(23-63(55,56)57)35(51)38-8-7-37-30(45)6-5-17-61-27-18-25(2)34(62(53)54)26(3)19-27/h18-19,28-29,55-60H,4-17,20-24H2,1-3H3,(H,37,45)(H,38,51)(H,39,46)(H,40,52)(H,47,48)(H,49,50)(H,53,54)/p-1. The second kappa shape index (κ2) is 27.7. The molecule has 12 N–H and O–H groups in total. The fourth-order valence-corrected chi connectivity index (χ4v) is 8.57. The number of carbonyl (C=O) groups excluding carboxylic acids is 4. The van der Waals surface area contributed by atoms with Crippen LogP contribution in [0.4, 0.5) is 0 Å². The molecule has 3 atom stereocenters. The average Bonchev–Trinajstić information content (AvgIpc) is 3.15. The van der Waals surface area contributed by atoms with E-state index in [4.69, 9.17) is 4.74 Å². The molecule has 0 aliphatic carbocycles. The lowest BCUT2D eigenvalue weighted by Crippen LogP contribution is -2.58. The maximum absolute atomic E-state index is 13.5. The minimum atomic E-state index is -4.47. The molecular weight excluding hydrogens is 913 g/mol. The van der Waals surface area contributed by atoms with Gasteiger partial charge >= 0.3 is 11.9 Å². The van der Waals surface area contributed by atoms with Gasteiger partial charge in [0.25, 0.3) is 0 Å². The van der Waals surface area contributed by atoms with E-state index < -0.39 is 98.5 Å². The number of likely N-dealkylation sites (N-methyl/N-ethyl adjacent to an activating group) is 1. The van der Waals surface area contributed by atoms with E-state index in [2.05, 4.69) is 21.3 Å². The molecule has 25 nitrogen and oxygen atoms in total. The molecule has 4 amide bonds. The molecule has 1 fully saturated rings. The number of aryl methyl sites for hydroxylation is 2. The Labute approximate surface area is 377 Å². The Kier molecular flexibility index (Phi) is 24.4. The fraction of sp³-hybridized carbons (Fsp3) is 0.667. The van der Waals surface area contributed by atoms with Crippen LogP contribution in [-0.2, 0) is 39.8 Å². The van der Waals surface area contributed by atoms with Crippen molar-refractivity contribution in [3.8, 4) is 5.75 Å². The molecule has 1 aromatic rings. The monoisotopic (exact) mass is 975 g/mol. The average molecular weight is 976 g/mol. The van der Waals surface area contributed by atoms with Crippen molar-refractivity contribution < 1.29 is 79.8 Å². The number of amides is 4. The molecule has 0 saturated carbocycles. The summed E-state index contributed by atoms with van der Waals surface area (Å²) in [6.45, 7) is 6.74. The Balaban J connectivity index is 2.04. The quantitative estimate of drug-likeness (QED) is 0.0426. The summed E-state index contributed by atoms with van der Waals surface area (Å²) in [5.41, 5.74) is 1.01. The fourth-order valence-electron chi connectivity index (χ4n) is 6.56. The van der Waals surface area contributed by atoms with Crippen molar-refractivity contribution in [3.05, 3.63) is 23.3 Å². The first kappa shape index (κ1) is 56.4. The molecular formula is C36H63N8O17S3-. The van der Waals surface area contributed by atoms with Crippen LogP contribution in [0.3, 0.4) is 0 Å². The summed E-state index contributed by atoms with van der Waals surface area (Å²) in [6.07, 6.45) is 0.296. The number of carbonyl (C=O) groups is 6. The van der Waals surface area contributed by atoms with Crippen LogP contribution < -0.4 is 26.0 Å². The zero-order valence-electron chi connectivity index (χ0n) is 36.0. The predicted molar refractivity (Wildman–Crippen MR) is 235 cm³/mol. The van der Waals surface area contributed by atoms with Crippen LogP contribution in [0.1, 0.15) is 30.9 Å². The number of carboxylic acid groups (broad SMARTS) is 2. The number of hydrogen-bond acceptors (Lipinski definition) is 19. The Morgan fingerprint density at radius 3 is 1.56 bits per heavy atom. The molecule has 0 aromatic heterocycles. The molecule has 0 bridgehead atoms. The number of nitrogens with one attached hydrogen (secondary N) is 4. The SMILES string of the molecule is CCN1CCN(CC(=O)O)CCN(CC(=O)O)CCN(CC(=O)NC(CS(O)(O)O)C(=O)NC(CS(O)(O)O)C(=O)NCCNC(=O)CCCOc2cc(C)c(S(=O)[O-])c(C)c2)CC1. The maximum Gasteiger partial charge on any atom is 0.317 e. The zero-order chi connectivity index (χ0) is 48.2. The number of carboxylic acids is 2. The molecule has 0 radical (unpaired) electrons. The van der Waals surface area contributed by atoms with E-state index in [1.807, 2.05) is 11.8 Å². The summed E-state index contributed by atoms with van der Waals surface area (Å²) in [4.78, 5) is 82.5. The lowest BCUT2D eigenvalue weighted by molar-refractivity contribution is -0.140. The van der Waals surface area contributed by atoms with Gasteiger partial charge in [-0.3, -0.25) is 47.7 Å². The van der Waals surface area contributed by atoms with Crippen LogP contribution in [-0.4, -0.2) is 223 Å². The molecule has 368 valence electrons. The van der Waals surface area contributed by atoms with Crippen LogP contribution in [0, 0.1) is 13.8 Å². The van der Waals surface area contributed by atoms with Gasteiger partial charge in [0.1, 0.15) is 17.8 Å². The summed E-state index contributed by atoms with van der Waals surface area (Å²) in [6, 6.07) is -0.670.